The van der Waals surface area contributed by atoms with Crippen LogP contribution in [0.2, 0.25) is 0 Å². The molecule has 0 heterocycles. The lowest BCUT2D eigenvalue weighted by molar-refractivity contribution is 0.230. The van der Waals surface area contributed by atoms with Gasteiger partial charge in [0.2, 0.25) is 0 Å². The third-order valence-electron chi connectivity index (χ3n) is 3.31. The van der Waals surface area contributed by atoms with E-state index in [1.807, 2.05) is 25.1 Å². The van der Waals surface area contributed by atoms with Crippen molar-refractivity contribution in [3.63, 3.8) is 0 Å². The Balaban J connectivity index is 2.12. The Kier molecular flexibility index (Phi) is 4.41. The molecule has 2 nitrogen and oxygen atoms in total. The summed E-state index contributed by atoms with van der Waals surface area (Å²) in [4.78, 5) is 0. The molecule has 0 fully saturated rings. The van der Waals surface area contributed by atoms with Crippen LogP contribution in [0.15, 0.2) is 30.4 Å². The third-order valence-corrected chi connectivity index (χ3v) is 3.31. The van der Waals surface area contributed by atoms with E-state index < -0.39 is 0 Å². The Hall–Kier alpha value is -1.75. The van der Waals surface area contributed by atoms with Gasteiger partial charge in [-0.15, -0.1) is 0 Å². The van der Waals surface area contributed by atoms with Crippen LogP contribution >= 0.6 is 0 Å². The molecule has 1 aliphatic carbocycles. The second kappa shape index (κ2) is 6.26. The lowest BCUT2D eigenvalue weighted by atomic mass is 10.0. The van der Waals surface area contributed by atoms with Crippen LogP contribution in [0.4, 0.5) is 0 Å². The highest BCUT2D eigenvalue weighted by Crippen LogP contribution is 2.23. The molecule has 0 saturated carbocycles. The van der Waals surface area contributed by atoms with Crippen molar-refractivity contribution in [2.45, 2.75) is 45.1 Å². The SMILES string of the molecule is Cc1ccc(C#N)cc1OC1/C=C/CCCCC1. The van der Waals surface area contributed by atoms with E-state index in [4.69, 9.17) is 10.00 Å². The highest BCUT2D eigenvalue weighted by molar-refractivity contribution is 5.42. The molecule has 1 unspecified atom stereocenters. The van der Waals surface area contributed by atoms with Crippen LogP contribution in [0.25, 0.3) is 0 Å². The average molecular weight is 241 g/mol. The van der Waals surface area contributed by atoms with Crippen LogP contribution in [0.5, 0.6) is 5.75 Å². The minimum atomic E-state index is 0.151. The lowest BCUT2D eigenvalue weighted by Crippen LogP contribution is -2.15. The lowest BCUT2D eigenvalue weighted by Gasteiger charge is -2.19. The van der Waals surface area contributed by atoms with Gasteiger partial charge in [0, 0.05) is 0 Å². The smallest absolute Gasteiger partial charge is 0.124 e. The van der Waals surface area contributed by atoms with Gasteiger partial charge < -0.3 is 4.74 Å². The van der Waals surface area contributed by atoms with Crippen molar-refractivity contribution in [3.8, 4) is 11.8 Å². The molecule has 0 N–H and O–H groups in total. The summed E-state index contributed by atoms with van der Waals surface area (Å²) in [5, 5.41) is 8.92. The molecular weight excluding hydrogens is 222 g/mol. The van der Waals surface area contributed by atoms with Crippen LogP contribution < -0.4 is 4.74 Å². The monoisotopic (exact) mass is 241 g/mol. The summed E-state index contributed by atoms with van der Waals surface area (Å²) < 4.78 is 6.03. The number of hydrogen-bond acceptors (Lipinski definition) is 2. The number of hydrogen-bond donors (Lipinski definition) is 0. The molecule has 0 aliphatic heterocycles. The molecule has 1 aliphatic rings. The van der Waals surface area contributed by atoms with E-state index in [2.05, 4.69) is 18.2 Å². The van der Waals surface area contributed by atoms with Crippen LogP contribution in [0.3, 0.4) is 0 Å². The minimum Gasteiger partial charge on any atom is -0.486 e. The van der Waals surface area contributed by atoms with Crippen molar-refractivity contribution < 1.29 is 4.74 Å². The minimum absolute atomic E-state index is 0.151. The summed E-state index contributed by atoms with van der Waals surface area (Å²) in [5.41, 5.74) is 1.75. The summed E-state index contributed by atoms with van der Waals surface area (Å²) in [6.07, 6.45) is 10.5. The van der Waals surface area contributed by atoms with Gasteiger partial charge in [-0.3, -0.25) is 0 Å². The van der Waals surface area contributed by atoms with E-state index in [9.17, 15) is 0 Å². The van der Waals surface area contributed by atoms with Gasteiger partial charge in [0.15, 0.2) is 0 Å². The van der Waals surface area contributed by atoms with E-state index in [0.717, 1.165) is 24.2 Å². The summed E-state index contributed by atoms with van der Waals surface area (Å²) in [7, 11) is 0. The summed E-state index contributed by atoms with van der Waals surface area (Å²) in [6.45, 7) is 2.02. The van der Waals surface area contributed by atoms with Gasteiger partial charge in [0.05, 0.1) is 11.6 Å². The van der Waals surface area contributed by atoms with Crippen LogP contribution in [0, 0.1) is 18.3 Å². The number of allylic oxidation sites excluding steroid dienone is 1. The average Bonchev–Trinajstić information content (AvgIpc) is 2.35. The number of benzene rings is 1. The Morgan fingerprint density at radius 1 is 1.28 bits per heavy atom. The molecule has 0 amide bonds. The normalized spacial score (nSPS) is 21.4. The zero-order valence-corrected chi connectivity index (χ0v) is 10.9. The highest BCUT2D eigenvalue weighted by atomic mass is 16.5. The number of nitriles is 1. The first kappa shape index (κ1) is 12.7. The maximum atomic E-state index is 8.92. The molecule has 94 valence electrons. The van der Waals surface area contributed by atoms with Crippen molar-refractivity contribution >= 4 is 0 Å². The first-order chi connectivity index (χ1) is 8.79. The maximum Gasteiger partial charge on any atom is 0.124 e. The molecule has 0 saturated heterocycles. The molecule has 0 aromatic heterocycles. The van der Waals surface area contributed by atoms with E-state index in [1.54, 1.807) is 0 Å². The Bertz CT molecular complexity index is 470. The molecule has 0 spiro atoms. The second-order valence-corrected chi connectivity index (χ2v) is 4.81. The predicted octanol–water partition coefficient (Wildman–Crippen LogP) is 4.13. The summed E-state index contributed by atoms with van der Waals surface area (Å²) in [6, 6.07) is 7.77. The summed E-state index contributed by atoms with van der Waals surface area (Å²) in [5.74, 6) is 0.837. The van der Waals surface area contributed by atoms with Crippen LogP contribution in [-0.2, 0) is 0 Å². The highest BCUT2D eigenvalue weighted by Gasteiger charge is 2.10. The Morgan fingerprint density at radius 3 is 3.00 bits per heavy atom. The van der Waals surface area contributed by atoms with Crippen LogP contribution in [-0.4, -0.2) is 6.10 Å². The van der Waals surface area contributed by atoms with Gasteiger partial charge in [-0.2, -0.15) is 5.26 Å². The third kappa shape index (κ3) is 3.37. The quantitative estimate of drug-likeness (QED) is 0.729. The van der Waals surface area contributed by atoms with Gasteiger partial charge in [0.1, 0.15) is 11.9 Å². The standard InChI is InChI=1S/C16H19NO/c1-13-9-10-14(12-17)11-16(13)18-15-7-5-3-2-4-6-8-15/h5,7,9-11,15H,2-4,6,8H2,1H3/b7-5+. The first-order valence-electron chi connectivity index (χ1n) is 6.63. The van der Waals surface area contributed by atoms with Gasteiger partial charge in [-0.05, 0) is 56.4 Å². The topological polar surface area (TPSA) is 33.0 Å². The molecule has 1 atom stereocenters. The van der Waals surface area contributed by atoms with Crippen LogP contribution in [0.1, 0.15) is 43.2 Å². The van der Waals surface area contributed by atoms with Crippen molar-refractivity contribution in [2.75, 3.05) is 0 Å². The van der Waals surface area contributed by atoms with Gasteiger partial charge in [0.25, 0.3) is 0 Å². The molecule has 2 rings (SSSR count). The van der Waals surface area contributed by atoms with E-state index in [1.165, 1.54) is 19.3 Å². The van der Waals surface area contributed by atoms with Crippen molar-refractivity contribution in [3.05, 3.63) is 41.5 Å². The number of aryl methyl sites for hydroxylation is 1. The first-order valence-corrected chi connectivity index (χ1v) is 6.63. The molecular formula is C16H19NO. The summed E-state index contributed by atoms with van der Waals surface area (Å²) >= 11 is 0. The molecule has 2 heteroatoms. The molecule has 18 heavy (non-hydrogen) atoms. The number of ether oxygens (including phenoxy) is 1. The molecule has 0 bridgehead atoms. The number of nitrogens with zero attached hydrogens (tertiary/aromatic N) is 1. The van der Waals surface area contributed by atoms with Crippen molar-refractivity contribution in [1.82, 2.24) is 0 Å². The fraction of sp³-hybridized carbons (Fsp3) is 0.438. The Labute approximate surface area is 109 Å². The largest absolute Gasteiger partial charge is 0.486 e. The molecule has 0 radical (unpaired) electrons. The zero-order valence-electron chi connectivity index (χ0n) is 10.9. The maximum absolute atomic E-state index is 8.92. The zero-order chi connectivity index (χ0) is 12.8. The van der Waals surface area contributed by atoms with Gasteiger partial charge in [-0.25, -0.2) is 0 Å². The predicted molar refractivity (Wildman–Crippen MR) is 72.5 cm³/mol. The fourth-order valence-corrected chi connectivity index (χ4v) is 2.19. The fourth-order valence-electron chi connectivity index (χ4n) is 2.19. The van der Waals surface area contributed by atoms with E-state index in [0.29, 0.717) is 5.56 Å². The van der Waals surface area contributed by atoms with Crippen molar-refractivity contribution in [2.24, 2.45) is 0 Å². The van der Waals surface area contributed by atoms with Gasteiger partial charge in [-0.1, -0.05) is 18.6 Å². The van der Waals surface area contributed by atoms with Gasteiger partial charge >= 0.3 is 0 Å². The van der Waals surface area contributed by atoms with Crippen molar-refractivity contribution in [1.29, 1.82) is 5.26 Å². The van der Waals surface area contributed by atoms with E-state index >= 15 is 0 Å². The molecule has 1 aromatic rings. The second-order valence-electron chi connectivity index (χ2n) is 4.81. The molecule has 1 aromatic carbocycles. The Morgan fingerprint density at radius 2 is 2.17 bits per heavy atom. The number of rotatable bonds is 2. The van der Waals surface area contributed by atoms with E-state index in [-0.39, 0.29) is 6.10 Å².